The lowest BCUT2D eigenvalue weighted by atomic mass is 10.2. The molecule has 1 amide bonds. The van der Waals surface area contributed by atoms with Crippen molar-refractivity contribution in [2.75, 3.05) is 29.9 Å². The molecule has 0 aliphatic carbocycles. The first-order valence-corrected chi connectivity index (χ1v) is 6.42. The number of carbonyl (C=O) groups excluding carboxylic acids is 1. The van der Waals surface area contributed by atoms with E-state index >= 15 is 0 Å². The molecule has 112 valence electrons. The number of fused-ring (bicyclic) bond motifs is 3. The van der Waals surface area contributed by atoms with E-state index in [4.69, 9.17) is 0 Å². The molecule has 5 nitrogen and oxygen atoms in total. The van der Waals surface area contributed by atoms with E-state index in [1.165, 1.54) is 6.08 Å². The standard InChI is InChI=1S/C13H13F3N4O/c1-2-11(21)19-3-4-20-10(7-19)18-9-5-8(13(14,15)16)6-17-12(9)20/h2,5-6,10,18H,1,3-4,7H2/t10-/m1/s1. The second-order valence-corrected chi connectivity index (χ2v) is 4.93. The van der Waals surface area contributed by atoms with Crippen molar-refractivity contribution in [2.24, 2.45) is 0 Å². The lowest BCUT2D eigenvalue weighted by molar-refractivity contribution is -0.137. The Hall–Kier alpha value is -2.25. The van der Waals surface area contributed by atoms with Crippen LogP contribution in [0.5, 0.6) is 0 Å². The van der Waals surface area contributed by atoms with Crippen LogP contribution in [0, 0.1) is 0 Å². The number of rotatable bonds is 1. The third kappa shape index (κ3) is 2.30. The van der Waals surface area contributed by atoms with Crippen molar-refractivity contribution in [3.8, 4) is 0 Å². The van der Waals surface area contributed by atoms with Gasteiger partial charge in [0.05, 0.1) is 17.8 Å². The van der Waals surface area contributed by atoms with E-state index in [9.17, 15) is 18.0 Å². The monoisotopic (exact) mass is 298 g/mol. The van der Waals surface area contributed by atoms with Gasteiger partial charge in [0, 0.05) is 19.3 Å². The molecule has 21 heavy (non-hydrogen) atoms. The highest BCUT2D eigenvalue weighted by Crippen LogP contribution is 2.38. The van der Waals surface area contributed by atoms with Gasteiger partial charge in [-0.15, -0.1) is 0 Å². The fraction of sp³-hybridized carbons (Fsp3) is 0.385. The zero-order chi connectivity index (χ0) is 15.2. The maximum atomic E-state index is 12.7. The molecule has 1 aromatic heterocycles. The number of nitrogens with zero attached hydrogens (tertiary/aromatic N) is 3. The molecule has 1 aromatic rings. The summed E-state index contributed by atoms with van der Waals surface area (Å²) in [6.45, 7) is 4.82. The summed E-state index contributed by atoms with van der Waals surface area (Å²) in [6, 6.07) is 1.06. The molecule has 2 aliphatic rings. The molecule has 1 fully saturated rings. The minimum absolute atomic E-state index is 0.184. The highest BCUT2D eigenvalue weighted by atomic mass is 19.4. The first-order valence-electron chi connectivity index (χ1n) is 6.42. The molecule has 8 heteroatoms. The first kappa shape index (κ1) is 13.7. The Morgan fingerprint density at radius 2 is 2.24 bits per heavy atom. The molecule has 0 spiro atoms. The number of halogens is 3. The number of hydrogen-bond donors (Lipinski definition) is 1. The fourth-order valence-corrected chi connectivity index (χ4v) is 2.62. The van der Waals surface area contributed by atoms with Gasteiger partial charge in [0.1, 0.15) is 6.17 Å². The Balaban J connectivity index is 1.84. The van der Waals surface area contributed by atoms with Crippen LogP contribution in [-0.2, 0) is 11.0 Å². The van der Waals surface area contributed by atoms with E-state index in [2.05, 4.69) is 16.9 Å². The van der Waals surface area contributed by atoms with Crippen LogP contribution < -0.4 is 10.2 Å². The average molecular weight is 298 g/mol. The lowest BCUT2D eigenvalue weighted by Gasteiger charge is -2.37. The molecule has 3 heterocycles. The zero-order valence-corrected chi connectivity index (χ0v) is 11.0. The third-order valence-electron chi connectivity index (χ3n) is 3.65. The topological polar surface area (TPSA) is 48.5 Å². The minimum Gasteiger partial charge on any atom is -0.361 e. The number of hydrogen-bond acceptors (Lipinski definition) is 4. The molecule has 0 radical (unpaired) electrons. The predicted molar refractivity (Wildman–Crippen MR) is 70.8 cm³/mol. The van der Waals surface area contributed by atoms with Gasteiger partial charge in [-0.2, -0.15) is 13.2 Å². The van der Waals surface area contributed by atoms with E-state index in [1.54, 1.807) is 4.90 Å². The number of anilines is 2. The second kappa shape index (κ2) is 4.64. The molecular formula is C13H13F3N4O. The summed E-state index contributed by atoms with van der Waals surface area (Å²) in [5.41, 5.74) is -0.435. The second-order valence-electron chi connectivity index (χ2n) is 4.93. The summed E-state index contributed by atoms with van der Waals surface area (Å²) in [7, 11) is 0. The van der Waals surface area contributed by atoms with Crippen molar-refractivity contribution in [3.05, 3.63) is 30.5 Å². The van der Waals surface area contributed by atoms with Gasteiger partial charge in [-0.1, -0.05) is 6.58 Å². The largest absolute Gasteiger partial charge is 0.417 e. The molecule has 1 atom stereocenters. The van der Waals surface area contributed by atoms with Gasteiger partial charge in [0.15, 0.2) is 5.82 Å². The average Bonchev–Trinajstić information content (AvgIpc) is 2.81. The van der Waals surface area contributed by atoms with Crippen LogP contribution in [-0.4, -0.2) is 41.6 Å². The van der Waals surface area contributed by atoms with Crippen molar-refractivity contribution in [2.45, 2.75) is 12.3 Å². The van der Waals surface area contributed by atoms with Gasteiger partial charge in [0.25, 0.3) is 0 Å². The molecular weight excluding hydrogens is 285 g/mol. The predicted octanol–water partition coefficient (Wildman–Crippen LogP) is 1.69. The fourth-order valence-electron chi connectivity index (χ4n) is 2.62. The van der Waals surface area contributed by atoms with Gasteiger partial charge in [-0.05, 0) is 12.1 Å². The van der Waals surface area contributed by atoms with E-state index < -0.39 is 11.7 Å². The van der Waals surface area contributed by atoms with Crippen LogP contribution in [0.3, 0.4) is 0 Å². The van der Waals surface area contributed by atoms with Crippen molar-refractivity contribution in [3.63, 3.8) is 0 Å². The number of nitrogens with one attached hydrogen (secondary N) is 1. The highest BCUT2D eigenvalue weighted by Gasteiger charge is 2.38. The van der Waals surface area contributed by atoms with Crippen molar-refractivity contribution < 1.29 is 18.0 Å². The number of alkyl halides is 3. The number of pyridine rings is 1. The lowest BCUT2D eigenvalue weighted by Crippen LogP contribution is -2.55. The summed E-state index contributed by atoms with van der Waals surface area (Å²) in [6.07, 6.45) is -2.60. The first-order chi connectivity index (χ1) is 9.90. The molecule has 0 saturated carbocycles. The minimum atomic E-state index is -4.42. The summed E-state index contributed by atoms with van der Waals surface area (Å²) >= 11 is 0. The zero-order valence-electron chi connectivity index (χ0n) is 11.0. The molecule has 0 aromatic carbocycles. The molecule has 0 unspecified atom stereocenters. The van der Waals surface area contributed by atoms with Crippen molar-refractivity contribution in [1.29, 1.82) is 0 Å². The number of aromatic nitrogens is 1. The van der Waals surface area contributed by atoms with E-state index in [-0.39, 0.29) is 12.1 Å². The van der Waals surface area contributed by atoms with Crippen molar-refractivity contribution in [1.82, 2.24) is 9.88 Å². The summed E-state index contributed by atoms with van der Waals surface area (Å²) in [5, 5.41) is 2.99. The van der Waals surface area contributed by atoms with E-state index in [1.807, 2.05) is 4.90 Å². The van der Waals surface area contributed by atoms with Gasteiger partial charge in [-0.25, -0.2) is 4.98 Å². The van der Waals surface area contributed by atoms with Crippen LogP contribution in [0.4, 0.5) is 24.7 Å². The Morgan fingerprint density at radius 3 is 2.90 bits per heavy atom. The summed E-state index contributed by atoms with van der Waals surface area (Å²) < 4.78 is 38.1. The number of carbonyl (C=O) groups is 1. The van der Waals surface area contributed by atoms with E-state index in [0.29, 0.717) is 31.1 Å². The summed E-state index contributed by atoms with van der Waals surface area (Å²) in [4.78, 5) is 19.0. The number of amides is 1. The van der Waals surface area contributed by atoms with Gasteiger partial charge in [-0.3, -0.25) is 4.79 Å². The van der Waals surface area contributed by atoms with Crippen LogP contribution in [0.25, 0.3) is 0 Å². The Kier molecular flexibility index (Phi) is 3.03. The Bertz CT molecular complexity index is 602. The van der Waals surface area contributed by atoms with Gasteiger partial charge < -0.3 is 15.1 Å². The highest BCUT2D eigenvalue weighted by molar-refractivity contribution is 5.87. The number of piperazine rings is 1. The normalized spacial score (nSPS) is 20.6. The van der Waals surface area contributed by atoms with Crippen molar-refractivity contribution >= 4 is 17.4 Å². The van der Waals surface area contributed by atoms with Gasteiger partial charge in [0.2, 0.25) is 5.91 Å². The molecule has 1 N–H and O–H groups in total. The Morgan fingerprint density at radius 1 is 1.48 bits per heavy atom. The van der Waals surface area contributed by atoms with Gasteiger partial charge >= 0.3 is 6.18 Å². The molecule has 0 bridgehead atoms. The molecule has 2 aliphatic heterocycles. The smallest absolute Gasteiger partial charge is 0.361 e. The molecule has 1 saturated heterocycles. The Labute approximate surface area is 119 Å². The quantitative estimate of drug-likeness (QED) is 0.802. The maximum Gasteiger partial charge on any atom is 0.417 e. The third-order valence-corrected chi connectivity index (χ3v) is 3.65. The van der Waals surface area contributed by atoms with Crippen LogP contribution in [0.2, 0.25) is 0 Å². The van der Waals surface area contributed by atoms with Crippen LogP contribution >= 0.6 is 0 Å². The maximum absolute atomic E-state index is 12.7. The van der Waals surface area contributed by atoms with E-state index in [0.717, 1.165) is 12.3 Å². The molecule has 3 rings (SSSR count). The van der Waals surface area contributed by atoms with Crippen LogP contribution in [0.15, 0.2) is 24.9 Å². The SMILES string of the molecule is C=CC(=O)N1CCN2c3ncc(C(F)(F)F)cc3N[C@H]2C1. The van der Waals surface area contributed by atoms with Crippen LogP contribution in [0.1, 0.15) is 5.56 Å². The summed E-state index contributed by atoms with van der Waals surface area (Å²) in [5.74, 6) is 0.315.